The van der Waals surface area contributed by atoms with Crippen molar-refractivity contribution in [2.75, 3.05) is 45.9 Å². The minimum absolute atomic E-state index is 0.123. The van der Waals surface area contributed by atoms with E-state index in [1.54, 1.807) is 0 Å². The standard InChI is InChI=1S/C21H32N4O3/c1-2-22-21(23-16-18(26)15-17-7-4-3-5-8-17)25-12-10-24(11-13-25)20(27)19-9-6-14-28-19/h3-5,7-8,18-19,26H,2,6,9-16H2,1H3,(H,22,23). The van der Waals surface area contributed by atoms with E-state index in [0.29, 0.717) is 32.7 Å². The smallest absolute Gasteiger partial charge is 0.251 e. The van der Waals surface area contributed by atoms with E-state index >= 15 is 0 Å². The lowest BCUT2D eigenvalue weighted by molar-refractivity contribution is -0.142. The van der Waals surface area contributed by atoms with Gasteiger partial charge in [0, 0.05) is 45.8 Å². The summed E-state index contributed by atoms with van der Waals surface area (Å²) in [7, 11) is 0. The molecule has 0 saturated carbocycles. The summed E-state index contributed by atoms with van der Waals surface area (Å²) in [6, 6.07) is 9.96. The van der Waals surface area contributed by atoms with Crippen LogP contribution in [0.5, 0.6) is 0 Å². The number of nitrogens with zero attached hydrogens (tertiary/aromatic N) is 3. The molecule has 154 valence electrons. The number of aliphatic imine (C=N–C) groups is 1. The number of aliphatic hydroxyl groups excluding tert-OH is 1. The van der Waals surface area contributed by atoms with E-state index in [0.717, 1.165) is 44.0 Å². The number of ether oxygens (including phenoxy) is 1. The molecule has 0 spiro atoms. The quantitative estimate of drug-likeness (QED) is 0.559. The lowest BCUT2D eigenvalue weighted by Gasteiger charge is -2.37. The summed E-state index contributed by atoms with van der Waals surface area (Å²) in [5, 5.41) is 13.6. The molecule has 0 bridgehead atoms. The molecule has 7 nitrogen and oxygen atoms in total. The Morgan fingerprint density at radius 1 is 1.25 bits per heavy atom. The molecule has 0 aliphatic carbocycles. The Bertz CT molecular complexity index is 638. The number of hydrogen-bond donors (Lipinski definition) is 2. The predicted molar refractivity (Wildman–Crippen MR) is 109 cm³/mol. The summed E-state index contributed by atoms with van der Waals surface area (Å²) in [5.41, 5.74) is 1.11. The van der Waals surface area contributed by atoms with Gasteiger partial charge in [-0.25, -0.2) is 0 Å². The van der Waals surface area contributed by atoms with E-state index in [-0.39, 0.29) is 12.0 Å². The van der Waals surface area contributed by atoms with Crippen molar-refractivity contribution in [1.29, 1.82) is 0 Å². The topological polar surface area (TPSA) is 77.4 Å². The average molecular weight is 389 g/mol. The molecule has 1 aromatic carbocycles. The number of carbonyl (C=O) groups is 1. The first-order chi connectivity index (χ1) is 13.7. The first-order valence-electron chi connectivity index (χ1n) is 10.3. The minimum atomic E-state index is -0.515. The third-order valence-corrected chi connectivity index (χ3v) is 5.20. The van der Waals surface area contributed by atoms with Crippen molar-refractivity contribution in [3.8, 4) is 0 Å². The van der Waals surface area contributed by atoms with E-state index < -0.39 is 6.10 Å². The normalized spacial score (nSPS) is 21.6. The maximum Gasteiger partial charge on any atom is 0.251 e. The van der Waals surface area contributed by atoms with Crippen LogP contribution in [-0.2, 0) is 16.0 Å². The van der Waals surface area contributed by atoms with Crippen LogP contribution in [0.3, 0.4) is 0 Å². The molecular weight excluding hydrogens is 356 g/mol. The molecule has 2 unspecified atom stereocenters. The highest BCUT2D eigenvalue weighted by Crippen LogP contribution is 2.16. The van der Waals surface area contributed by atoms with E-state index in [4.69, 9.17) is 4.74 Å². The molecule has 2 saturated heterocycles. The number of amides is 1. The zero-order chi connectivity index (χ0) is 19.8. The summed E-state index contributed by atoms with van der Waals surface area (Å²) < 4.78 is 5.53. The minimum Gasteiger partial charge on any atom is -0.391 e. The van der Waals surface area contributed by atoms with E-state index in [2.05, 4.69) is 15.2 Å². The largest absolute Gasteiger partial charge is 0.391 e. The van der Waals surface area contributed by atoms with Gasteiger partial charge in [0.25, 0.3) is 5.91 Å². The number of nitrogens with one attached hydrogen (secondary N) is 1. The summed E-state index contributed by atoms with van der Waals surface area (Å²) in [6.07, 6.45) is 1.63. The molecule has 28 heavy (non-hydrogen) atoms. The van der Waals surface area contributed by atoms with Gasteiger partial charge in [-0.05, 0) is 25.3 Å². The van der Waals surface area contributed by atoms with Crippen molar-refractivity contribution in [1.82, 2.24) is 15.1 Å². The number of guanidine groups is 1. The third-order valence-electron chi connectivity index (χ3n) is 5.20. The molecule has 0 radical (unpaired) electrons. The fraction of sp³-hybridized carbons (Fsp3) is 0.619. The van der Waals surface area contributed by atoms with Crippen LogP contribution in [0, 0.1) is 0 Å². The Kier molecular flexibility index (Phi) is 7.68. The van der Waals surface area contributed by atoms with Gasteiger partial charge < -0.3 is 25.0 Å². The molecule has 2 atom stereocenters. The van der Waals surface area contributed by atoms with Crippen molar-refractivity contribution in [2.24, 2.45) is 4.99 Å². The third kappa shape index (κ3) is 5.69. The average Bonchev–Trinajstić information content (AvgIpc) is 3.26. The lowest BCUT2D eigenvalue weighted by Crippen LogP contribution is -2.55. The fourth-order valence-corrected chi connectivity index (χ4v) is 3.68. The van der Waals surface area contributed by atoms with Crippen LogP contribution < -0.4 is 5.32 Å². The van der Waals surface area contributed by atoms with Crippen molar-refractivity contribution >= 4 is 11.9 Å². The van der Waals surface area contributed by atoms with Crippen LogP contribution in [0.4, 0.5) is 0 Å². The second-order valence-corrected chi connectivity index (χ2v) is 7.35. The van der Waals surface area contributed by atoms with Crippen LogP contribution in [0.25, 0.3) is 0 Å². The number of benzene rings is 1. The van der Waals surface area contributed by atoms with E-state index in [9.17, 15) is 9.90 Å². The monoisotopic (exact) mass is 388 g/mol. The van der Waals surface area contributed by atoms with Crippen molar-refractivity contribution in [2.45, 2.75) is 38.4 Å². The highest BCUT2D eigenvalue weighted by Gasteiger charge is 2.30. The molecule has 7 heteroatoms. The van der Waals surface area contributed by atoms with Crippen LogP contribution >= 0.6 is 0 Å². The molecule has 2 aliphatic rings. The van der Waals surface area contributed by atoms with Gasteiger partial charge >= 0.3 is 0 Å². The number of rotatable bonds is 6. The number of aliphatic hydroxyl groups is 1. The van der Waals surface area contributed by atoms with Crippen molar-refractivity contribution in [3.63, 3.8) is 0 Å². The predicted octanol–water partition coefficient (Wildman–Crippen LogP) is 0.879. The molecule has 0 aromatic heterocycles. The van der Waals surface area contributed by atoms with Crippen LogP contribution in [-0.4, -0.2) is 84.9 Å². The molecule has 2 heterocycles. The van der Waals surface area contributed by atoms with Gasteiger partial charge in [0.15, 0.2) is 5.96 Å². The maximum absolute atomic E-state index is 12.5. The molecule has 2 aliphatic heterocycles. The second-order valence-electron chi connectivity index (χ2n) is 7.35. The Balaban J connectivity index is 1.50. The van der Waals surface area contributed by atoms with Gasteiger partial charge in [-0.3, -0.25) is 9.79 Å². The molecule has 2 fully saturated rings. The zero-order valence-electron chi connectivity index (χ0n) is 16.7. The molecule has 1 aromatic rings. The van der Waals surface area contributed by atoms with Crippen LogP contribution in [0.1, 0.15) is 25.3 Å². The first kappa shape index (κ1) is 20.6. The number of piperazine rings is 1. The highest BCUT2D eigenvalue weighted by atomic mass is 16.5. The lowest BCUT2D eigenvalue weighted by atomic mass is 10.1. The summed E-state index contributed by atoms with van der Waals surface area (Å²) >= 11 is 0. The number of carbonyl (C=O) groups excluding carboxylic acids is 1. The van der Waals surface area contributed by atoms with E-state index in [1.807, 2.05) is 42.2 Å². The van der Waals surface area contributed by atoms with Crippen LogP contribution in [0.2, 0.25) is 0 Å². The molecule has 2 N–H and O–H groups in total. The van der Waals surface area contributed by atoms with Gasteiger partial charge in [-0.2, -0.15) is 0 Å². The first-order valence-corrected chi connectivity index (χ1v) is 10.3. The van der Waals surface area contributed by atoms with E-state index in [1.165, 1.54) is 0 Å². The van der Waals surface area contributed by atoms with Gasteiger partial charge in [0.05, 0.1) is 12.6 Å². The van der Waals surface area contributed by atoms with Crippen molar-refractivity contribution in [3.05, 3.63) is 35.9 Å². The summed E-state index contributed by atoms with van der Waals surface area (Å²) in [6.45, 7) is 6.67. The zero-order valence-corrected chi connectivity index (χ0v) is 16.7. The van der Waals surface area contributed by atoms with Gasteiger partial charge in [-0.15, -0.1) is 0 Å². The summed E-state index contributed by atoms with van der Waals surface area (Å²) in [4.78, 5) is 21.2. The Hall–Kier alpha value is -2.12. The maximum atomic E-state index is 12.5. The summed E-state index contributed by atoms with van der Waals surface area (Å²) in [5.74, 6) is 0.927. The SMILES string of the molecule is CCNC(=NCC(O)Cc1ccccc1)N1CCN(C(=O)C2CCCO2)CC1. The Morgan fingerprint density at radius 3 is 2.61 bits per heavy atom. The fourth-order valence-electron chi connectivity index (χ4n) is 3.68. The highest BCUT2D eigenvalue weighted by molar-refractivity contribution is 5.82. The van der Waals surface area contributed by atoms with Gasteiger partial charge in [-0.1, -0.05) is 30.3 Å². The molecule has 1 amide bonds. The second kappa shape index (κ2) is 10.4. The van der Waals surface area contributed by atoms with Gasteiger partial charge in [0.2, 0.25) is 0 Å². The Labute approximate surface area is 167 Å². The molecule has 3 rings (SSSR count). The Morgan fingerprint density at radius 2 is 1.96 bits per heavy atom. The van der Waals surface area contributed by atoms with Crippen molar-refractivity contribution < 1.29 is 14.6 Å². The van der Waals surface area contributed by atoms with Crippen LogP contribution in [0.15, 0.2) is 35.3 Å². The van der Waals surface area contributed by atoms with Gasteiger partial charge in [0.1, 0.15) is 6.10 Å². The molecular formula is C21H32N4O3. The number of hydrogen-bond acceptors (Lipinski definition) is 4.